The highest BCUT2D eigenvalue weighted by Gasteiger charge is 2.17. The first-order chi connectivity index (χ1) is 21.7. The normalized spacial score (nSPS) is 13.6. The maximum absolute atomic E-state index is 12.3. The molecule has 0 aliphatic carbocycles. The van der Waals surface area contributed by atoms with Crippen LogP contribution in [0.5, 0.6) is 0 Å². The second-order valence-electron chi connectivity index (χ2n) is 12.6. The quantitative estimate of drug-likeness (QED) is 0.0508. The summed E-state index contributed by atoms with van der Waals surface area (Å²) in [6, 6.07) is -0.646. The highest BCUT2D eigenvalue weighted by molar-refractivity contribution is 5.76. The second-order valence-corrected chi connectivity index (χ2v) is 12.6. The minimum absolute atomic E-state index is 0.0855. The number of allylic oxidation sites excluding steroid dienone is 7. The molecule has 256 valence electrons. The fraction of sp³-hybridized carbons (Fsp3) is 0.775. The second kappa shape index (κ2) is 35.8. The molecule has 0 aliphatic rings. The summed E-state index contributed by atoms with van der Waals surface area (Å²) in [5, 5.41) is 22.8. The summed E-state index contributed by atoms with van der Waals surface area (Å²) >= 11 is 0. The van der Waals surface area contributed by atoms with Gasteiger partial charge in [0.1, 0.15) is 0 Å². The molecule has 0 saturated heterocycles. The van der Waals surface area contributed by atoms with E-state index in [2.05, 4.69) is 55.6 Å². The minimum atomic E-state index is -0.870. The van der Waals surface area contributed by atoms with Gasteiger partial charge in [-0.3, -0.25) is 4.79 Å². The Kier molecular flexibility index (Phi) is 34.5. The summed E-state index contributed by atoms with van der Waals surface area (Å²) < 4.78 is 0. The Balaban J connectivity index is 3.67. The van der Waals surface area contributed by atoms with E-state index in [1.165, 1.54) is 122 Å². The number of carbonyl (C=O) groups excluding carboxylic acids is 1. The Labute approximate surface area is 274 Å². The molecule has 4 nitrogen and oxygen atoms in total. The van der Waals surface area contributed by atoms with Crippen molar-refractivity contribution in [1.82, 2.24) is 5.32 Å². The molecular weight excluding hydrogens is 542 g/mol. The lowest BCUT2D eigenvalue weighted by molar-refractivity contribution is -0.123. The molecular formula is C40H73NO3. The summed E-state index contributed by atoms with van der Waals surface area (Å²) in [5.41, 5.74) is 0. The third-order valence-electron chi connectivity index (χ3n) is 8.26. The first kappa shape index (κ1) is 42.3. The van der Waals surface area contributed by atoms with Crippen molar-refractivity contribution in [2.75, 3.05) is 6.61 Å². The highest BCUT2D eigenvalue weighted by Crippen LogP contribution is 2.12. The van der Waals surface area contributed by atoms with Crippen LogP contribution in [0.2, 0.25) is 0 Å². The Morgan fingerprint density at radius 1 is 0.523 bits per heavy atom. The van der Waals surface area contributed by atoms with Crippen molar-refractivity contribution in [3.63, 3.8) is 0 Å². The van der Waals surface area contributed by atoms with Gasteiger partial charge in [0.15, 0.2) is 0 Å². The average Bonchev–Trinajstić information content (AvgIpc) is 3.03. The zero-order valence-corrected chi connectivity index (χ0v) is 29.2. The van der Waals surface area contributed by atoms with Crippen molar-refractivity contribution < 1.29 is 15.0 Å². The third-order valence-corrected chi connectivity index (χ3v) is 8.26. The van der Waals surface area contributed by atoms with Crippen LogP contribution in [-0.2, 0) is 4.79 Å². The van der Waals surface area contributed by atoms with Crippen LogP contribution in [0.25, 0.3) is 0 Å². The van der Waals surface area contributed by atoms with Crippen LogP contribution in [0.3, 0.4) is 0 Å². The van der Waals surface area contributed by atoms with Gasteiger partial charge in [-0.1, -0.05) is 152 Å². The molecule has 2 atom stereocenters. The van der Waals surface area contributed by atoms with E-state index in [9.17, 15) is 15.0 Å². The van der Waals surface area contributed by atoms with Gasteiger partial charge in [-0.2, -0.15) is 0 Å². The molecule has 0 aromatic rings. The number of aliphatic hydroxyl groups is 2. The lowest BCUT2D eigenvalue weighted by Gasteiger charge is -2.19. The lowest BCUT2D eigenvalue weighted by atomic mass is 10.1. The molecule has 1 amide bonds. The molecule has 0 aromatic carbocycles. The number of hydrogen-bond acceptors (Lipinski definition) is 3. The number of aliphatic hydroxyl groups excluding tert-OH is 2. The Morgan fingerprint density at radius 3 is 1.36 bits per heavy atom. The predicted molar refractivity (Wildman–Crippen MR) is 193 cm³/mol. The molecule has 44 heavy (non-hydrogen) atoms. The van der Waals surface area contributed by atoms with E-state index in [0.717, 1.165) is 38.5 Å². The van der Waals surface area contributed by atoms with E-state index < -0.39 is 12.1 Å². The van der Waals surface area contributed by atoms with Crippen molar-refractivity contribution in [3.8, 4) is 0 Å². The Bertz CT molecular complexity index is 711. The van der Waals surface area contributed by atoms with Crippen LogP contribution in [0.1, 0.15) is 181 Å². The molecule has 0 aromatic heterocycles. The minimum Gasteiger partial charge on any atom is -0.394 e. The number of unbranched alkanes of at least 4 members (excludes halogenated alkanes) is 20. The molecule has 2 unspecified atom stereocenters. The predicted octanol–water partition coefficient (Wildman–Crippen LogP) is 11.2. The van der Waals surface area contributed by atoms with Gasteiger partial charge in [-0.05, 0) is 70.6 Å². The topological polar surface area (TPSA) is 69.6 Å². The van der Waals surface area contributed by atoms with Crippen LogP contribution in [0, 0.1) is 0 Å². The van der Waals surface area contributed by atoms with Crippen LogP contribution >= 0.6 is 0 Å². The number of rotatable bonds is 33. The fourth-order valence-electron chi connectivity index (χ4n) is 5.32. The van der Waals surface area contributed by atoms with E-state index in [0.29, 0.717) is 6.42 Å². The third kappa shape index (κ3) is 31.8. The molecule has 3 N–H and O–H groups in total. The average molecular weight is 616 g/mol. The van der Waals surface area contributed by atoms with E-state index in [1.54, 1.807) is 6.08 Å². The molecule has 0 fully saturated rings. The van der Waals surface area contributed by atoms with Crippen molar-refractivity contribution in [1.29, 1.82) is 0 Å². The molecule has 0 radical (unpaired) electrons. The van der Waals surface area contributed by atoms with Crippen LogP contribution in [0.15, 0.2) is 48.6 Å². The zero-order valence-electron chi connectivity index (χ0n) is 29.2. The number of nitrogens with one attached hydrogen (secondary N) is 1. The Hall–Kier alpha value is -1.65. The molecule has 0 heterocycles. The molecule has 0 saturated carbocycles. The fourth-order valence-corrected chi connectivity index (χ4v) is 5.32. The standard InChI is InChI=1S/C40H73NO3/c1-3-5-7-9-11-13-15-17-18-19-20-21-22-24-26-28-30-32-34-36-40(44)41-38(37-42)39(43)35-33-31-29-27-25-23-16-14-12-10-8-6-4-2/h12,14,19-20,25,27,33,35,38-39,42-43H,3-11,13,15-18,21-24,26,28-32,34,36-37H2,1-2H3,(H,41,44)/b14-12+,20-19-,27-25+,35-33+. The zero-order chi connectivity index (χ0) is 32.2. The first-order valence-electron chi connectivity index (χ1n) is 18.9. The monoisotopic (exact) mass is 616 g/mol. The molecule has 4 heteroatoms. The first-order valence-corrected chi connectivity index (χ1v) is 18.9. The van der Waals surface area contributed by atoms with Gasteiger partial charge >= 0.3 is 0 Å². The van der Waals surface area contributed by atoms with Gasteiger partial charge in [-0.25, -0.2) is 0 Å². The highest BCUT2D eigenvalue weighted by atomic mass is 16.3. The van der Waals surface area contributed by atoms with Crippen LogP contribution in [0.4, 0.5) is 0 Å². The van der Waals surface area contributed by atoms with Crippen molar-refractivity contribution >= 4 is 5.91 Å². The van der Waals surface area contributed by atoms with Gasteiger partial charge in [0, 0.05) is 6.42 Å². The smallest absolute Gasteiger partial charge is 0.220 e. The number of amides is 1. The van der Waals surface area contributed by atoms with Gasteiger partial charge < -0.3 is 15.5 Å². The van der Waals surface area contributed by atoms with Crippen molar-refractivity contribution in [2.24, 2.45) is 0 Å². The number of hydrogen-bond donors (Lipinski definition) is 3. The summed E-state index contributed by atoms with van der Waals surface area (Å²) in [4.78, 5) is 12.3. The molecule has 0 aliphatic heterocycles. The Morgan fingerprint density at radius 2 is 0.886 bits per heavy atom. The molecule has 0 bridgehead atoms. The van der Waals surface area contributed by atoms with E-state index in [4.69, 9.17) is 0 Å². The summed E-state index contributed by atoms with van der Waals surface area (Å²) in [5.74, 6) is -0.0855. The van der Waals surface area contributed by atoms with Crippen molar-refractivity contribution in [2.45, 2.75) is 193 Å². The van der Waals surface area contributed by atoms with Gasteiger partial charge in [0.25, 0.3) is 0 Å². The largest absolute Gasteiger partial charge is 0.394 e. The van der Waals surface area contributed by atoms with E-state index >= 15 is 0 Å². The van der Waals surface area contributed by atoms with Gasteiger partial charge in [0.05, 0.1) is 18.8 Å². The summed E-state index contributed by atoms with van der Waals surface area (Å²) in [6.07, 6.45) is 47.7. The van der Waals surface area contributed by atoms with E-state index in [-0.39, 0.29) is 12.5 Å². The maximum Gasteiger partial charge on any atom is 0.220 e. The number of carbonyl (C=O) groups is 1. The maximum atomic E-state index is 12.3. The van der Waals surface area contributed by atoms with Gasteiger partial charge in [0.2, 0.25) is 5.91 Å². The van der Waals surface area contributed by atoms with Crippen LogP contribution < -0.4 is 5.32 Å². The molecule has 0 spiro atoms. The molecule has 0 rings (SSSR count). The lowest BCUT2D eigenvalue weighted by Crippen LogP contribution is -2.45. The SMILES string of the molecule is CCCCC/C=C/CC/C=C/CC/C=C/C(O)C(CO)NC(=O)CCCCCCCCC/C=C\CCCCCCCCCC. The van der Waals surface area contributed by atoms with Gasteiger partial charge in [-0.15, -0.1) is 0 Å². The summed E-state index contributed by atoms with van der Waals surface area (Å²) in [6.45, 7) is 4.24. The van der Waals surface area contributed by atoms with Crippen LogP contribution in [-0.4, -0.2) is 34.9 Å². The van der Waals surface area contributed by atoms with Crippen molar-refractivity contribution in [3.05, 3.63) is 48.6 Å². The summed E-state index contributed by atoms with van der Waals surface area (Å²) in [7, 11) is 0. The van der Waals surface area contributed by atoms with E-state index in [1.807, 2.05) is 6.08 Å².